The van der Waals surface area contributed by atoms with Crippen LogP contribution in [0.3, 0.4) is 0 Å². The van der Waals surface area contributed by atoms with Crippen LogP contribution < -0.4 is 9.88 Å². The number of imide groups is 1. The van der Waals surface area contributed by atoms with Crippen LogP contribution in [0.15, 0.2) is 42.6 Å². The summed E-state index contributed by atoms with van der Waals surface area (Å²) in [5.74, 6) is 0.517. The van der Waals surface area contributed by atoms with Crippen molar-refractivity contribution in [1.29, 1.82) is 0 Å². The number of fused-ring (bicyclic) bond motifs is 2. The normalized spacial score (nSPS) is 20.8. The van der Waals surface area contributed by atoms with E-state index in [9.17, 15) is 9.59 Å². The van der Waals surface area contributed by atoms with Crippen LogP contribution in [-0.4, -0.2) is 22.8 Å². The van der Waals surface area contributed by atoms with Gasteiger partial charge in [-0.3, -0.25) is 14.9 Å². The Balaban J connectivity index is 1.71. The first-order valence-electron chi connectivity index (χ1n) is 8.16. The minimum Gasteiger partial charge on any atom is -0.271 e. The summed E-state index contributed by atoms with van der Waals surface area (Å²) in [6, 6.07) is 11.3. The van der Waals surface area contributed by atoms with Crippen LogP contribution in [0, 0.1) is 0 Å². The molecule has 0 radical (unpaired) electrons. The van der Waals surface area contributed by atoms with Crippen LogP contribution in [0.2, 0.25) is 0 Å². The molecule has 0 saturated heterocycles. The Morgan fingerprint density at radius 3 is 2.33 bits per heavy atom. The minimum absolute atomic E-state index is 0.000331. The van der Waals surface area contributed by atoms with Gasteiger partial charge in [0.2, 0.25) is 0 Å². The SMILES string of the molecule is CC1Nc2c(ccc[n+]2CN2C(=O)c3ccccc3C2=O)C1(C)C. The molecule has 3 heterocycles. The van der Waals surface area contributed by atoms with E-state index in [1.54, 1.807) is 24.3 Å². The molecule has 5 nitrogen and oxygen atoms in total. The first kappa shape index (κ1) is 14.9. The summed E-state index contributed by atoms with van der Waals surface area (Å²) in [6.07, 6.45) is 1.91. The highest BCUT2D eigenvalue weighted by molar-refractivity contribution is 6.21. The largest absolute Gasteiger partial charge is 0.280 e. The summed E-state index contributed by atoms with van der Waals surface area (Å²) in [4.78, 5) is 26.5. The van der Waals surface area contributed by atoms with Gasteiger partial charge in [0.1, 0.15) is 6.04 Å². The van der Waals surface area contributed by atoms with Gasteiger partial charge in [-0.2, -0.15) is 0 Å². The number of pyridine rings is 1. The van der Waals surface area contributed by atoms with Gasteiger partial charge < -0.3 is 0 Å². The number of aromatic nitrogens is 1. The van der Waals surface area contributed by atoms with E-state index < -0.39 is 0 Å². The minimum atomic E-state index is -0.231. The van der Waals surface area contributed by atoms with Gasteiger partial charge in [0.05, 0.1) is 22.9 Å². The molecule has 1 atom stereocenters. The molecule has 0 spiro atoms. The second-order valence-corrected chi connectivity index (χ2v) is 7.05. The van der Waals surface area contributed by atoms with Gasteiger partial charge in [-0.1, -0.05) is 26.0 Å². The number of amides is 2. The van der Waals surface area contributed by atoms with Crippen molar-refractivity contribution >= 4 is 17.6 Å². The molecular weight excluding hydrogens is 302 g/mol. The molecule has 0 aliphatic carbocycles. The summed E-state index contributed by atoms with van der Waals surface area (Å²) in [6.45, 7) is 6.75. The smallest absolute Gasteiger partial charge is 0.271 e. The van der Waals surface area contributed by atoms with Crippen molar-refractivity contribution in [3.8, 4) is 0 Å². The molecule has 2 aromatic rings. The number of nitrogens with zero attached hydrogens (tertiary/aromatic N) is 2. The molecule has 5 heteroatoms. The lowest BCUT2D eigenvalue weighted by Gasteiger charge is -2.20. The summed E-state index contributed by atoms with van der Waals surface area (Å²) < 4.78 is 1.95. The van der Waals surface area contributed by atoms with Crippen molar-refractivity contribution in [3.63, 3.8) is 0 Å². The van der Waals surface area contributed by atoms with Gasteiger partial charge >= 0.3 is 0 Å². The number of nitrogens with one attached hydrogen (secondary N) is 1. The van der Waals surface area contributed by atoms with Crippen LogP contribution in [0.5, 0.6) is 0 Å². The number of carbonyl (C=O) groups is 2. The molecule has 2 aliphatic rings. The van der Waals surface area contributed by atoms with Crippen molar-refractivity contribution in [3.05, 3.63) is 59.3 Å². The summed E-state index contributed by atoms with van der Waals surface area (Å²) in [5, 5.41) is 3.49. The van der Waals surface area contributed by atoms with Crippen molar-refractivity contribution < 1.29 is 14.2 Å². The lowest BCUT2D eigenvalue weighted by Crippen LogP contribution is -2.47. The first-order valence-corrected chi connectivity index (χ1v) is 8.16. The molecule has 4 rings (SSSR count). The lowest BCUT2D eigenvalue weighted by atomic mass is 9.82. The fourth-order valence-electron chi connectivity index (χ4n) is 3.49. The maximum atomic E-state index is 12.6. The molecule has 24 heavy (non-hydrogen) atoms. The average molecular weight is 322 g/mol. The van der Waals surface area contributed by atoms with E-state index in [-0.39, 0.29) is 29.9 Å². The zero-order valence-corrected chi connectivity index (χ0v) is 14.0. The predicted molar refractivity (Wildman–Crippen MR) is 89.7 cm³/mol. The van der Waals surface area contributed by atoms with Crippen LogP contribution in [0.1, 0.15) is 47.1 Å². The van der Waals surface area contributed by atoms with Gasteiger partial charge in [-0.25, -0.2) is 9.47 Å². The van der Waals surface area contributed by atoms with E-state index in [0.717, 1.165) is 5.82 Å². The molecule has 1 aromatic carbocycles. The molecule has 1 aromatic heterocycles. The number of hydrogen-bond acceptors (Lipinski definition) is 3. The lowest BCUT2D eigenvalue weighted by molar-refractivity contribution is -0.696. The summed E-state index contributed by atoms with van der Waals surface area (Å²) in [5.41, 5.74) is 2.17. The van der Waals surface area contributed by atoms with E-state index >= 15 is 0 Å². The first-order chi connectivity index (χ1) is 11.4. The van der Waals surface area contributed by atoms with Gasteiger partial charge in [-0.05, 0) is 31.2 Å². The Morgan fingerprint density at radius 2 is 1.71 bits per heavy atom. The number of carbonyl (C=O) groups excluding carboxylic acids is 2. The third-order valence-corrected chi connectivity index (χ3v) is 5.37. The maximum absolute atomic E-state index is 12.6. The summed E-state index contributed by atoms with van der Waals surface area (Å²) >= 11 is 0. The van der Waals surface area contributed by atoms with Gasteiger partial charge in [0, 0.05) is 5.41 Å². The highest BCUT2D eigenvalue weighted by Gasteiger charge is 2.44. The number of rotatable bonds is 2. The van der Waals surface area contributed by atoms with Crippen LogP contribution in [0.4, 0.5) is 5.82 Å². The van der Waals surface area contributed by atoms with E-state index in [0.29, 0.717) is 11.1 Å². The molecule has 0 bridgehead atoms. The average Bonchev–Trinajstić information content (AvgIpc) is 2.95. The molecule has 1 N–H and O–H groups in total. The van der Waals surface area contributed by atoms with Crippen molar-refractivity contribution in [2.75, 3.05) is 5.32 Å². The molecule has 0 saturated carbocycles. The quantitative estimate of drug-likeness (QED) is 0.682. The Bertz CT molecular complexity index is 838. The zero-order chi connectivity index (χ0) is 17.1. The highest BCUT2D eigenvalue weighted by Crippen LogP contribution is 2.38. The second-order valence-electron chi connectivity index (χ2n) is 7.05. The fraction of sp³-hybridized carbons (Fsp3) is 0.316. The van der Waals surface area contributed by atoms with Crippen LogP contribution in [-0.2, 0) is 12.1 Å². The molecule has 2 amide bonds. The fourth-order valence-corrected chi connectivity index (χ4v) is 3.49. The standard InChI is InChI=1S/C19H19N3O2/c1-12-19(2,3)15-9-6-10-21(16(15)20-12)11-22-17(23)13-7-4-5-8-14(13)18(22)24/h4-10,12H,11H2,1-3H3/p+1. The van der Waals surface area contributed by atoms with E-state index in [4.69, 9.17) is 0 Å². The Kier molecular flexibility index (Phi) is 3.04. The van der Waals surface area contributed by atoms with Gasteiger partial charge in [-0.15, -0.1) is 0 Å². The van der Waals surface area contributed by atoms with Gasteiger partial charge in [0.25, 0.3) is 17.6 Å². The predicted octanol–water partition coefficient (Wildman–Crippen LogP) is 2.32. The van der Waals surface area contributed by atoms with Crippen molar-refractivity contribution in [2.45, 2.75) is 38.9 Å². The highest BCUT2D eigenvalue weighted by atomic mass is 16.2. The third kappa shape index (κ3) is 1.90. The maximum Gasteiger partial charge on any atom is 0.280 e. The Hall–Kier alpha value is -2.69. The monoisotopic (exact) mass is 322 g/mol. The van der Waals surface area contributed by atoms with E-state index in [2.05, 4.69) is 32.2 Å². The topological polar surface area (TPSA) is 53.3 Å². The second kappa shape index (κ2) is 4.90. The van der Waals surface area contributed by atoms with E-state index in [1.807, 2.05) is 16.8 Å². The number of anilines is 1. The molecule has 122 valence electrons. The Morgan fingerprint density at radius 1 is 1.08 bits per heavy atom. The molecule has 1 unspecified atom stereocenters. The Labute approximate surface area is 140 Å². The third-order valence-electron chi connectivity index (χ3n) is 5.37. The molecule has 2 aliphatic heterocycles. The van der Waals surface area contributed by atoms with Gasteiger partial charge in [0.15, 0.2) is 6.67 Å². The van der Waals surface area contributed by atoms with Crippen molar-refractivity contribution in [1.82, 2.24) is 4.90 Å². The zero-order valence-electron chi connectivity index (χ0n) is 14.0. The number of benzene rings is 1. The van der Waals surface area contributed by atoms with E-state index in [1.165, 1.54) is 10.5 Å². The molecular formula is C19H20N3O2+. The van der Waals surface area contributed by atoms with Crippen LogP contribution >= 0.6 is 0 Å². The van der Waals surface area contributed by atoms with Crippen molar-refractivity contribution in [2.24, 2.45) is 0 Å². The van der Waals surface area contributed by atoms with Crippen LogP contribution in [0.25, 0.3) is 0 Å². The molecule has 0 fully saturated rings. The summed E-state index contributed by atoms with van der Waals surface area (Å²) in [7, 11) is 0. The number of hydrogen-bond donors (Lipinski definition) is 1.